The Hall–Kier alpha value is -1.87. The second kappa shape index (κ2) is 4.78. The first-order chi connectivity index (χ1) is 8.84. The number of rotatable bonds is 4. The highest BCUT2D eigenvalue weighted by atomic mass is 16.6. The maximum atomic E-state index is 11.4. The van der Waals surface area contributed by atoms with Gasteiger partial charge in [-0.05, 0) is 29.2 Å². The van der Waals surface area contributed by atoms with Crippen molar-refractivity contribution in [2.24, 2.45) is 5.92 Å². The third kappa shape index (κ3) is 2.36. The van der Waals surface area contributed by atoms with Crippen molar-refractivity contribution in [1.29, 1.82) is 0 Å². The second-order valence-electron chi connectivity index (χ2n) is 4.67. The number of amides is 1. The lowest BCUT2D eigenvalue weighted by molar-refractivity contribution is -0.135. The Morgan fingerprint density at radius 3 is 2.78 bits per heavy atom. The van der Waals surface area contributed by atoms with Gasteiger partial charge in [0.05, 0.1) is 0 Å². The molecule has 0 spiro atoms. The fourth-order valence-corrected chi connectivity index (χ4v) is 2.03. The Kier molecular flexibility index (Phi) is 2.99. The molecule has 0 unspecified atom stereocenters. The monoisotopic (exact) mass is 241 g/mol. The van der Waals surface area contributed by atoms with Gasteiger partial charge in [0.1, 0.15) is 6.61 Å². The number of hydroxylamine groups is 1. The van der Waals surface area contributed by atoms with Crippen LogP contribution in [0.25, 0.3) is 10.8 Å². The summed E-state index contributed by atoms with van der Waals surface area (Å²) in [5.41, 5.74) is 3.61. The highest BCUT2D eigenvalue weighted by molar-refractivity contribution is 5.85. The first-order valence-electron chi connectivity index (χ1n) is 6.23. The number of hydrogen-bond donors (Lipinski definition) is 1. The van der Waals surface area contributed by atoms with Crippen molar-refractivity contribution in [2.45, 2.75) is 19.4 Å². The third-order valence-electron chi connectivity index (χ3n) is 3.23. The zero-order valence-corrected chi connectivity index (χ0v) is 10.1. The molecule has 0 atom stereocenters. The first kappa shape index (κ1) is 11.2. The number of benzene rings is 2. The number of carbonyl (C=O) groups is 1. The predicted octanol–water partition coefficient (Wildman–Crippen LogP) is 2.80. The lowest BCUT2D eigenvalue weighted by Crippen LogP contribution is -2.24. The highest BCUT2D eigenvalue weighted by Gasteiger charge is 2.29. The van der Waals surface area contributed by atoms with Crippen LogP contribution in [0.3, 0.4) is 0 Å². The van der Waals surface area contributed by atoms with Gasteiger partial charge in [0.2, 0.25) is 5.91 Å². The minimum absolute atomic E-state index is 0.00948. The van der Waals surface area contributed by atoms with E-state index in [4.69, 9.17) is 4.84 Å². The molecule has 1 N–H and O–H groups in total. The molecule has 0 bridgehead atoms. The molecule has 2 aromatic carbocycles. The van der Waals surface area contributed by atoms with E-state index in [-0.39, 0.29) is 11.8 Å². The van der Waals surface area contributed by atoms with Gasteiger partial charge < -0.3 is 0 Å². The van der Waals surface area contributed by atoms with Crippen molar-refractivity contribution < 1.29 is 9.63 Å². The molecular weight excluding hydrogens is 226 g/mol. The fourth-order valence-electron chi connectivity index (χ4n) is 2.03. The summed E-state index contributed by atoms with van der Waals surface area (Å²) in [6.07, 6.45) is 1.98. The molecule has 1 saturated carbocycles. The average molecular weight is 241 g/mol. The van der Waals surface area contributed by atoms with E-state index in [1.807, 2.05) is 24.3 Å². The molecule has 92 valence electrons. The van der Waals surface area contributed by atoms with E-state index in [9.17, 15) is 4.79 Å². The number of carbonyl (C=O) groups excluding carboxylic acids is 1. The molecule has 18 heavy (non-hydrogen) atoms. The third-order valence-corrected chi connectivity index (χ3v) is 3.23. The standard InChI is InChI=1S/C15H15NO2/c17-15(12-8-9-12)16-18-10-13-6-3-5-11-4-1-2-7-14(11)13/h1-7,12H,8-10H2,(H,16,17). The molecule has 1 aliphatic carbocycles. The maximum Gasteiger partial charge on any atom is 0.246 e. The molecule has 3 rings (SSSR count). The van der Waals surface area contributed by atoms with Gasteiger partial charge in [0, 0.05) is 5.92 Å². The molecule has 0 radical (unpaired) electrons. The number of nitrogens with one attached hydrogen (secondary N) is 1. The van der Waals surface area contributed by atoms with Crippen LogP contribution in [0.15, 0.2) is 42.5 Å². The number of hydrogen-bond acceptors (Lipinski definition) is 2. The molecule has 0 aliphatic heterocycles. The van der Waals surface area contributed by atoms with Gasteiger partial charge in [0.25, 0.3) is 0 Å². The van der Waals surface area contributed by atoms with Crippen molar-refractivity contribution >= 4 is 16.7 Å². The van der Waals surface area contributed by atoms with E-state index in [0.717, 1.165) is 18.4 Å². The van der Waals surface area contributed by atoms with Crippen molar-refractivity contribution in [3.8, 4) is 0 Å². The second-order valence-corrected chi connectivity index (χ2v) is 4.67. The van der Waals surface area contributed by atoms with Crippen molar-refractivity contribution in [3.05, 3.63) is 48.0 Å². The largest absolute Gasteiger partial charge is 0.273 e. The van der Waals surface area contributed by atoms with Gasteiger partial charge in [-0.1, -0.05) is 42.5 Å². The predicted molar refractivity (Wildman–Crippen MR) is 69.6 cm³/mol. The van der Waals surface area contributed by atoms with Crippen LogP contribution >= 0.6 is 0 Å². The van der Waals surface area contributed by atoms with Crippen LogP contribution in [-0.4, -0.2) is 5.91 Å². The fraction of sp³-hybridized carbons (Fsp3) is 0.267. The van der Waals surface area contributed by atoms with Crippen molar-refractivity contribution in [1.82, 2.24) is 5.48 Å². The lowest BCUT2D eigenvalue weighted by atomic mass is 10.1. The molecule has 2 aromatic rings. The van der Waals surface area contributed by atoms with Gasteiger partial charge in [-0.2, -0.15) is 0 Å². The van der Waals surface area contributed by atoms with E-state index in [1.165, 1.54) is 10.8 Å². The van der Waals surface area contributed by atoms with Gasteiger partial charge in [-0.3, -0.25) is 9.63 Å². The van der Waals surface area contributed by atoms with E-state index in [1.54, 1.807) is 0 Å². The average Bonchev–Trinajstić information content (AvgIpc) is 3.23. The molecule has 0 aromatic heterocycles. The van der Waals surface area contributed by atoms with Crippen LogP contribution in [0.1, 0.15) is 18.4 Å². The summed E-state index contributed by atoms with van der Waals surface area (Å²) in [6, 6.07) is 14.3. The summed E-state index contributed by atoms with van der Waals surface area (Å²) in [7, 11) is 0. The van der Waals surface area contributed by atoms with E-state index in [2.05, 4.69) is 23.7 Å². The number of fused-ring (bicyclic) bond motifs is 1. The van der Waals surface area contributed by atoms with Gasteiger partial charge in [-0.25, -0.2) is 5.48 Å². The van der Waals surface area contributed by atoms with Gasteiger partial charge in [-0.15, -0.1) is 0 Å². The minimum Gasteiger partial charge on any atom is -0.273 e. The molecule has 0 heterocycles. The SMILES string of the molecule is O=C(NOCc1cccc2ccccc12)C1CC1. The lowest BCUT2D eigenvalue weighted by Gasteiger charge is -2.08. The normalized spacial score (nSPS) is 14.7. The van der Waals surface area contributed by atoms with Crippen molar-refractivity contribution in [2.75, 3.05) is 0 Å². The molecule has 1 fully saturated rings. The molecular formula is C15H15NO2. The Labute approximate surface area is 106 Å². The Morgan fingerprint density at radius 1 is 1.17 bits per heavy atom. The Balaban J connectivity index is 1.68. The summed E-state index contributed by atoms with van der Waals surface area (Å²) >= 11 is 0. The molecule has 1 amide bonds. The molecule has 0 saturated heterocycles. The zero-order valence-electron chi connectivity index (χ0n) is 10.1. The van der Waals surface area contributed by atoms with Crippen molar-refractivity contribution in [3.63, 3.8) is 0 Å². The first-order valence-corrected chi connectivity index (χ1v) is 6.23. The topological polar surface area (TPSA) is 38.3 Å². The summed E-state index contributed by atoms with van der Waals surface area (Å²) in [5, 5.41) is 2.35. The van der Waals surface area contributed by atoms with Gasteiger partial charge in [0.15, 0.2) is 0 Å². The summed E-state index contributed by atoms with van der Waals surface area (Å²) < 4.78 is 0. The van der Waals surface area contributed by atoms with E-state index in [0.29, 0.717) is 6.61 Å². The molecule has 1 aliphatic rings. The summed E-state index contributed by atoms with van der Waals surface area (Å²) in [5.74, 6) is 0.188. The zero-order chi connectivity index (χ0) is 12.4. The van der Waals surface area contributed by atoms with E-state index >= 15 is 0 Å². The Morgan fingerprint density at radius 2 is 1.94 bits per heavy atom. The smallest absolute Gasteiger partial charge is 0.246 e. The van der Waals surface area contributed by atoms with Crippen LogP contribution < -0.4 is 5.48 Å². The Bertz CT molecular complexity index is 570. The quantitative estimate of drug-likeness (QED) is 0.836. The van der Waals surface area contributed by atoms with Crippen LogP contribution in [-0.2, 0) is 16.2 Å². The van der Waals surface area contributed by atoms with Crippen LogP contribution in [0.4, 0.5) is 0 Å². The molecule has 3 nitrogen and oxygen atoms in total. The van der Waals surface area contributed by atoms with Gasteiger partial charge >= 0.3 is 0 Å². The summed E-state index contributed by atoms with van der Waals surface area (Å²) in [4.78, 5) is 16.7. The summed E-state index contributed by atoms with van der Waals surface area (Å²) in [6.45, 7) is 0.403. The van der Waals surface area contributed by atoms with Crippen LogP contribution in [0, 0.1) is 5.92 Å². The minimum atomic E-state index is 0.00948. The maximum absolute atomic E-state index is 11.4. The van der Waals surface area contributed by atoms with Crippen LogP contribution in [0.2, 0.25) is 0 Å². The van der Waals surface area contributed by atoms with Crippen LogP contribution in [0.5, 0.6) is 0 Å². The molecule has 3 heteroatoms. The highest BCUT2D eigenvalue weighted by Crippen LogP contribution is 2.28. The van der Waals surface area contributed by atoms with E-state index < -0.39 is 0 Å².